The van der Waals surface area contributed by atoms with Crippen molar-refractivity contribution >= 4 is 17.3 Å². The number of hydrogen-bond donors (Lipinski definition) is 2. The van der Waals surface area contributed by atoms with Crippen LogP contribution in [0.2, 0.25) is 0 Å². The summed E-state index contributed by atoms with van der Waals surface area (Å²) in [7, 11) is 0. The van der Waals surface area contributed by atoms with Crippen LogP contribution in [0.25, 0.3) is 0 Å². The van der Waals surface area contributed by atoms with Gasteiger partial charge in [0, 0.05) is 31.5 Å². The molecule has 25 heavy (non-hydrogen) atoms. The van der Waals surface area contributed by atoms with Gasteiger partial charge in [-0.2, -0.15) is 0 Å². The Balaban J connectivity index is 1.38. The van der Waals surface area contributed by atoms with Crippen LogP contribution in [0.3, 0.4) is 0 Å². The van der Waals surface area contributed by atoms with Gasteiger partial charge < -0.3 is 20.1 Å². The Morgan fingerprint density at radius 3 is 2.92 bits per heavy atom. The number of aromatic nitrogens is 5. The van der Waals surface area contributed by atoms with Gasteiger partial charge in [0.25, 0.3) is 0 Å². The molecule has 2 atom stereocenters. The van der Waals surface area contributed by atoms with Crippen molar-refractivity contribution in [1.29, 1.82) is 0 Å². The zero-order chi connectivity index (χ0) is 17.0. The second-order valence-corrected chi connectivity index (χ2v) is 7.27. The van der Waals surface area contributed by atoms with Crippen molar-refractivity contribution in [2.75, 3.05) is 22.1 Å². The van der Waals surface area contributed by atoms with Gasteiger partial charge in [-0.25, -0.2) is 9.97 Å². The molecule has 8 heteroatoms. The van der Waals surface area contributed by atoms with E-state index < -0.39 is 0 Å². The van der Waals surface area contributed by atoms with Crippen LogP contribution < -0.4 is 15.5 Å². The molecule has 0 amide bonds. The summed E-state index contributed by atoms with van der Waals surface area (Å²) in [6.07, 6.45) is 6.43. The van der Waals surface area contributed by atoms with E-state index in [9.17, 15) is 0 Å². The van der Waals surface area contributed by atoms with Gasteiger partial charge >= 0.3 is 0 Å². The lowest BCUT2D eigenvalue weighted by Crippen LogP contribution is -2.33. The molecule has 0 saturated heterocycles. The minimum absolute atomic E-state index is 0.245. The van der Waals surface area contributed by atoms with Crippen LogP contribution in [0, 0.1) is 0 Å². The minimum atomic E-state index is 0.245. The van der Waals surface area contributed by atoms with Crippen LogP contribution in [-0.4, -0.2) is 43.5 Å². The summed E-state index contributed by atoms with van der Waals surface area (Å²) in [5, 5.41) is 16.0. The molecule has 2 N–H and O–H groups in total. The van der Waals surface area contributed by atoms with E-state index >= 15 is 0 Å². The molecule has 0 spiro atoms. The summed E-state index contributed by atoms with van der Waals surface area (Å²) in [6, 6.07) is 0.341. The maximum absolute atomic E-state index is 4.51. The van der Waals surface area contributed by atoms with Crippen LogP contribution in [-0.2, 0) is 13.0 Å². The predicted molar refractivity (Wildman–Crippen MR) is 95.9 cm³/mol. The average Bonchev–Trinajstić information content (AvgIpc) is 3.28. The topological polar surface area (TPSA) is 83.8 Å². The molecule has 1 aliphatic carbocycles. The quantitative estimate of drug-likeness (QED) is 0.880. The van der Waals surface area contributed by atoms with Crippen LogP contribution >= 0.6 is 0 Å². The second-order valence-electron chi connectivity index (χ2n) is 7.27. The van der Waals surface area contributed by atoms with E-state index in [1.807, 2.05) is 0 Å². The molecule has 2 aliphatic heterocycles. The highest BCUT2D eigenvalue weighted by Crippen LogP contribution is 2.40. The van der Waals surface area contributed by atoms with Crippen molar-refractivity contribution < 1.29 is 0 Å². The monoisotopic (exact) mass is 340 g/mol. The van der Waals surface area contributed by atoms with E-state index in [0.717, 1.165) is 49.1 Å². The Labute approximate surface area is 147 Å². The molecular weight excluding hydrogens is 316 g/mol. The molecule has 132 valence electrons. The zero-order valence-corrected chi connectivity index (χ0v) is 14.7. The van der Waals surface area contributed by atoms with Gasteiger partial charge in [-0.1, -0.05) is 0 Å². The summed E-state index contributed by atoms with van der Waals surface area (Å²) in [6.45, 7) is 6.15. The van der Waals surface area contributed by atoms with Gasteiger partial charge in [-0.15, -0.1) is 10.2 Å². The standard InChI is InChI=1S/C17H24N8/c1-3-24-10(2)20-14-15(18-9-19-17(14)24)21-12-6-7-13-22-23-16(11-4-5-11)25(13)8-12/h9-12,20H,3-8H2,1-2H3,(H,18,19,21). The molecule has 4 heterocycles. The number of aryl methyl sites for hydroxylation is 1. The molecule has 1 fully saturated rings. The van der Waals surface area contributed by atoms with Gasteiger partial charge in [0.1, 0.15) is 23.7 Å². The van der Waals surface area contributed by atoms with Gasteiger partial charge in [0.2, 0.25) is 0 Å². The van der Waals surface area contributed by atoms with E-state index in [-0.39, 0.29) is 6.17 Å². The van der Waals surface area contributed by atoms with Crippen LogP contribution in [0.5, 0.6) is 0 Å². The molecule has 8 nitrogen and oxygen atoms in total. The highest BCUT2D eigenvalue weighted by atomic mass is 15.4. The molecule has 3 aliphatic rings. The molecule has 5 rings (SSSR count). The van der Waals surface area contributed by atoms with E-state index in [1.165, 1.54) is 18.7 Å². The molecule has 0 radical (unpaired) electrons. The summed E-state index contributed by atoms with van der Waals surface area (Å²) in [4.78, 5) is 11.2. The van der Waals surface area contributed by atoms with Crippen molar-refractivity contribution in [3.63, 3.8) is 0 Å². The molecular formula is C17H24N8. The third-order valence-electron chi connectivity index (χ3n) is 5.52. The fourth-order valence-corrected chi connectivity index (χ4v) is 4.03. The normalized spacial score (nSPS) is 24.6. The maximum Gasteiger partial charge on any atom is 0.159 e. The Hall–Kier alpha value is -2.38. The molecule has 2 aromatic heterocycles. The van der Waals surface area contributed by atoms with Crippen molar-refractivity contribution in [3.05, 3.63) is 18.0 Å². The first-order valence-corrected chi connectivity index (χ1v) is 9.31. The van der Waals surface area contributed by atoms with E-state index in [2.05, 4.69) is 54.1 Å². The number of hydrogen-bond acceptors (Lipinski definition) is 7. The maximum atomic E-state index is 4.51. The number of anilines is 3. The summed E-state index contributed by atoms with van der Waals surface area (Å²) in [5.74, 6) is 4.84. The lowest BCUT2D eigenvalue weighted by Gasteiger charge is -2.26. The van der Waals surface area contributed by atoms with Gasteiger partial charge in [-0.05, 0) is 33.1 Å². The largest absolute Gasteiger partial charge is 0.364 e. The third kappa shape index (κ3) is 2.42. The summed E-state index contributed by atoms with van der Waals surface area (Å²) >= 11 is 0. The minimum Gasteiger partial charge on any atom is -0.364 e. The SMILES string of the molecule is CCN1c2ncnc(NC3CCc4nnc(C5CC5)n4C3)c2NC1C. The smallest absolute Gasteiger partial charge is 0.159 e. The Morgan fingerprint density at radius 2 is 2.12 bits per heavy atom. The Bertz CT molecular complexity index is 796. The van der Waals surface area contributed by atoms with Crippen molar-refractivity contribution in [1.82, 2.24) is 24.7 Å². The average molecular weight is 340 g/mol. The highest BCUT2D eigenvalue weighted by Gasteiger charge is 2.34. The van der Waals surface area contributed by atoms with Crippen LogP contribution in [0.15, 0.2) is 6.33 Å². The van der Waals surface area contributed by atoms with Crippen LogP contribution in [0.1, 0.15) is 50.7 Å². The predicted octanol–water partition coefficient (Wildman–Crippen LogP) is 1.97. The van der Waals surface area contributed by atoms with Crippen molar-refractivity contribution in [2.45, 2.75) is 64.2 Å². The third-order valence-corrected chi connectivity index (χ3v) is 5.52. The number of nitrogens with one attached hydrogen (secondary N) is 2. The van der Waals surface area contributed by atoms with Gasteiger partial charge in [0.15, 0.2) is 11.6 Å². The van der Waals surface area contributed by atoms with Crippen LogP contribution in [0.4, 0.5) is 17.3 Å². The fraction of sp³-hybridized carbons (Fsp3) is 0.647. The van der Waals surface area contributed by atoms with E-state index in [0.29, 0.717) is 12.0 Å². The first-order valence-electron chi connectivity index (χ1n) is 9.31. The van der Waals surface area contributed by atoms with E-state index in [1.54, 1.807) is 6.33 Å². The lowest BCUT2D eigenvalue weighted by molar-refractivity contribution is 0.464. The first kappa shape index (κ1) is 14.9. The molecule has 2 aromatic rings. The highest BCUT2D eigenvalue weighted by molar-refractivity contribution is 5.82. The number of nitrogens with zero attached hydrogens (tertiary/aromatic N) is 6. The molecule has 2 unspecified atom stereocenters. The first-order chi connectivity index (χ1) is 12.2. The summed E-state index contributed by atoms with van der Waals surface area (Å²) < 4.78 is 2.33. The fourth-order valence-electron chi connectivity index (χ4n) is 4.03. The van der Waals surface area contributed by atoms with Gasteiger partial charge in [-0.3, -0.25) is 0 Å². The van der Waals surface area contributed by atoms with Gasteiger partial charge in [0.05, 0.1) is 6.17 Å². The molecule has 0 aromatic carbocycles. The zero-order valence-electron chi connectivity index (χ0n) is 14.7. The Kier molecular flexibility index (Phi) is 3.33. The van der Waals surface area contributed by atoms with Crippen molar-refractivity contribution in [3.8, 4) is 0 Å². The summed E-state index contributed by atoms with van der Waals surface area (Å²) in [5.41, 5.74) is 1.02. The molecule has 0 bridgehead atoms. The Morgan fingerprint density at radius 1 is 1.24 bits per heavy atom. The molecule has 1 saturated carbocycles. The van der Waals surface area contributed by atoms with Crippen molar-refractivity contribution in [2.24, 2.45) is 0 Å². The van der Waals surface area contributed by atoms with E-state index in [4.69, 9.17) is 0 Å². The second kappa shape index (κ2) is 5.57. The number of fused-ring (bicyclic) bond motifs is 2. The number of rotatable bonds is 4. The lowest BCUT2D eigenvalue weighted by atomic mass is 10.1.